The molecule has 3 aromatic rings. The van der Waals surface area contributed by atoms with Crippen LogP contribution in [-0.4, -0.2) is 44.8 Å². The van der Waals surface area contributed by atoms with Gasteiger partial charge in [-0.05, 0) is 86.1 Å². The summed E-state index contributed by atoms with van der Waals surface area (Å²) >= 11 is 9.87. The third-order valence-corrected chi connectivity index (χ3v) is 9.32. The van der Waals surface area contributed by atoms with Crippen LogP contribution in [0.25, 0.3) is 0 Å². The van der Waals surface area contributed by atoms with Gasteiger partial charge in [-0.2, -0.15) is 0 Å². The van der Waals surface area contributed by atoms with Crippen LogP contribution in [0.4, 0.5) is 5.69 Å². The zero-order valence-electron chi connectivity index (χ0n) is 22.1. The van der Waals surface area contributed by atoms with E-state index in [9.17, 15) is 18.0 Å². The summed E-state index contributed by atoms with van der Waals surface area (Å²) in [5.74, 6) is -0.438. The minimum absolute atomic E-state index is 0.0622. The molecule has 2 N–H and O–H groups in total. The molecule has 7 nitrogen and oxygen atoms in total. The van der Waals surface area contributed by atoms with Gasteiger partial charge < -0.3 is 10.2 Å². The topological polar surface area (TPSA) is 95.6 Å². The molecule has 1 heterocycles. The number of piperidine rings is 1. The van der Waals surface area contributed by atoms with Crippen LogP contribution in [0.15, 0.2) is 64.0 Å². The van der Waals surface area contributed by atoms with Gasteiger partial charge in [-0.25, -0.2) is 13.1 Å². The summed E-state index contributed by atoms with van der Waals surface area (Å²) in [6.07, 6.45) is 1.53. The van der Waals surface area contributed by atoms with Crippen LogP contribution in [0.3, 0.4) is 0 Å². The van der Waals surface area contributed by atoms with E-state index in [0.717, 1.165) is 34.0 Å². The number of sulfonamides is 1. The monoisotopic (exact) mass is 631 g/mol. The predicted molar refractivity (Wildman–Crippen MR) is 158 cm³/mol. The van der Waals surface area contributed by atoms with Gasteiger partial charge in [0.1, 0.15) is 0 Å². The second-order valence-corrected chi connectivity index (χ2v) is 12.9. The Labute approximate surface area is 243 Å². The largest absolute Gasteiger partial charge is 0.339 e. The number of hydrogen-bond donors (Lipinski definition) is 2. The third-order valence-electron chi connectivity index (χ3n) is 7.10. The Bertz CT molecular complexity index is 1500. The van der Waals surface area contributed by atoms with Gasteiger partial charge in [0, 0.05) is 33.8 Å². The average molecular weight is 633 g/mol. The van der Waals surface area contributed by atoms with Crippen molar-refractivity contribution in [2.75, 3.05) is 25.0 Å². The summed E-state index contributed by atoms with van der Waals surface area (Å²) in [5, 5.41) is 3.48. The fourth-order valence-corrected chi connectivity index (χ4v) is 6.67. The maximum atomic E-state index is 13.4. The smallest absolute Gasteiger partial charge is 0.254 e. The van der Waals surface area contributed by atoms with Crippen molar-refractivity contribution in [3.8, 4) is 0 Å². The van der Waals surface area contributed by atoms with E-state index in [1.807, 2.05) is 50.2 Å². The van der Waals surface area contributed by atoms with E-state index in [4.69, 9.17) is 11.6 Å². The first-order chi connectivity index (χ1) is 18.5. The van der Waals surface area contributed by atoms with E-state index in [1.54, 1.807) is 17.9 Å². The summed E-state index contributed by atoms with van der Waals surface area (Å²) in [6, 6.07) is 15.9. The van der Waals surface area contributed by atoms with Gasteiger partial charge in [0.15, 0.2) is 0 Å². The highest BCUT2D eigenvalue weighted by Crippen LogP contribution is 2.35. The lowest BCUT2D eigenvalue weighted by Crippen LogP contribution is -2.38. The number of carbonyl (C=O) groups excluding carboxylic acids is 2. The second-order valence-electron chi connectivity index (χ2n) is 9.85. The normalized spacial score (nSPS) is 14.3. The van der Waals surface area contributed by atoms with Gasteiger partial charge in [0.2, 0.25) is 15.9 Å². The number of hydrogen-bond acceptors (Lipinski definition) is 4. The Morgan fingerprint density at radius 3 is 2.28 bits per heavy atom. The minimum Gasteiger partial charge on any atom is -0.339 e. The second kappa shape index (κ2) is 12.2. The molecule has 0 bridgehead atoms. The van der Waals surface area contributed by atoms with E-state index in [1.165, 1.54) is 12.1 Å². The van der Waals surface area contributed by atoms with Gasteiger partial charge in [0.25, 0.3) is 5.91 Å². The van der Waals surface area contributed by atoms with Crippen LogP contribution < -0.4 is 10.0 Å². The Balaban J connectivity index is 1.41. The molecular weight excluding hydrogens is 602 g/mol. The molecule has 3 aromatic carbocycles. The number of anilines is 1. The van der Waals surface area contributed by atoms with Crippen LogP contribution in [0, 0.1) is 20.8 Å². The molecule has 39 heavy (non-hydrogen) atoms. The molecule has 10 heteroatoms. The number of likely N-dealkylation sites (tertiary alicyclic amines) is 1. The SMILES string of the molecule is Cc1ccc(S(=O)(=O)NCC(=O)Nc2c(C)cccc2C)cc1C(=O)N1CCC(c2ccc(Br)cc2Cl)CC1. The van der Waals surface area contributed by atoms with Crippen LogP contribution >= 0.6 is 27.5 Å². The number of para-hydroxylation sites is 1. The number of nitrogens with one attached hydrogen (secondary N) is 2. The maximum absolute atomic E-state index is 13.4. The molecule has 2 amide bonds. The number of nitrogens with zero attached hydrogens (tertiary/aromatic N) is 1. The van der Waals surface area contributed by atoms with Crippen molar-refractivity contribution in [1.29, 1.82) is 0 Å². The van der Waals surface area contributed by atoms with E-state index >= 15 is 0 Å². The van der Waals surface area contributed by atoms with Crippen molar-refractivity contribution in [3.05, 3.63) is 91.9 Å². The number of benzene rings is 3. The number of halogens is 2. The van der Waals surface area contributed by atoms with Gasteiger partial charge in [-0.15, -0.1) is 0 Å². The molecule has 1 fully saturated rings. The summed E-state index contributed by atoms with van der Waals surface area (Å²) in [4.78, 5) is 27.6. The lowest BCUT2D eigenvalue weighted by molar-refractivity contribution is -0.115. The molecule has 0 unspecified atom stereocenters. The maximum Gasteiger partial charge on any atom is 0.254 e. The minimum atomic E-state index is -4.02. The molecule has 0 radical (unpaired) electrons. The zero-order valence-corrected chi connectivity index (χ0v) is 25.2. The summed E-state index contributed by atoms with van der Waals surface area (Å²) in [5.41, 5.74) is 4.52. The lowest BCUT2D eigenvalue weighted by atomic mass is 9.89. The highest BCUT2D eigenvalue weighted by atomic mass is 79.9. The van der Waals surface area contributed by atoms with Crippen molar-refractivity contribution in [3.63, 3.8) is 0 Å². The van der Waals surface area contributed by atoms with Crippen molar-refractivity contribution >= 4 is 55.1 Å². The van der Waals surface area contributed by atoms with Crippen molar-refractivity contribution in [1.82, 2.24) is 9.62 Å². The molecule has 1 aliphatic heterocycles. The number of amides is 2. The average Bonchev–Trinajstić information content (AvgIpc) is 2.90. The zero-order chi connectivity index (χ0) is 28.3. The van der Waals surface area contributed by atoms with Crippen molar-refractivity contribution < 1.29 is 18.0 Å². The Morgan fingerprint density at radius 1 is 0.974 bits per heavy atom. The van der Waals surface area contributed by atoms with Crippen LogP contribution in [-0.2, 0) is 14.8 Å². The molecule has 0 atom stereocenters. The van der Waals surface area contributed by atoms with E-state index < -0.39 is 22.5 Å². The molecule has 0 spiro atoms. The van der Waals surface area contributed by atoms with Crippen LogP contribution in [0.5, 0.6) is 0 Å². The molecule has 1 aliphatic rings. The molecular formula is C29H31BrClN3O4S. The number of aryl methyl sites for hydroxylation is 3. The Hall–Kier alpha value is -2.72. The molecule has 4 rings (SSSR count). The quantitative estimate of drug-likeness (QED) is 0.336. The number of rotatable bonds is 7. The molecule has 0 aliphatic carbocycles. The van der Waals surface area contributed by atoms with Gasteiger partial charge >= 0.3 is 0 Å². The Kier molecular flexibility index (Phi) is 9.16. The standard InChI is InChI=1S/C29H31BrClN3O4S/c1-18-7-9-23(39(37,38)32-17-27(35)33-28-19(2)5-4-6-20(28)3)16-25(18)29(36)34-13-11-21(12-14-34)24-10-8-22(30)15-26(24)31/h4-10,15-16,21,32H,11-14,17H2,1-3H3,(H,33,35). The fraction of sp³-hybridized carbons (Fsp3) is 0.310. The van der Waals surface area contributed by atoms with Gasteiger partial charge in [0.05, 0.1) is 11.4 Å². The van der Waals surface area contributed by atoms with Crippen molar-refractivity contribution in [2.24, 2.45) is 0 Å². The van der Waals surface area contributed by atoms with E-state index in [0.29, 0.717) is 34.9 Å². The first kappa shape index (κ1) is 29.3. The molecule has 0 aromatic heterocycles. The first-order valence-corrected chi connectivity index (χ1v) is 15.3. The van der Waals surface area contributed by atoms with Crippen LogP contribution in [0.1, 0.15) is 51.4 Å². The molecule has 0 saturated carbocycles. The third kappa shape index (κ3) is 6.90. The van der Waals surface area contributed by atoms with E-state index in [2.05, 4.69) is 26.0 Å². The van der Waals surface area contributed by atoms with Gasteiger partial charge in [-0.1, -0.05) is 57.9 Å². The number of carbonyl (C=O) groups is 2. The fourth-order valence-electron chi connectivity index (χ4n) is 4.83. The highest BCUT2D eigenvalue weighted by Gasteiger charge is 2.27. The lowest BCUT2D eigenvalue weighted by Gasteiger charge is -2.33. The summed E-state index contributed by atoms with van der Waals surface area (Å²) in [6.45, 7) is 6.18. The Morgan fingerprint density at radius 2 is 1.64 bits per heavy atom. The molecule has 1 saturated heterocycles. The van der Waals surface area contributed by atoms with Crippen LogP contribution in [0.2, 0.25) is 5.02 Å². The summed E-state index contributed by atoms with van der Waals surface area (Å²) in [7, 11) is -4.02. The van der Waals surface area contributed by atoms with E-state index in [-0.39, 0.29) is 16.7 Å². The highest BCUT2D eigenvalue weighted by molar-refractivity contribution is 9.10. The van der Waals surface area contributed by atoms with Gasteiger partial charge in [-0.3, -0.25) is 9.59 Å². The summed E-state index contributed by atoms with van der Waals surface area (Å²) < 4.78 is 29.3. The first-order valence-electron chi connectivity index (χ1n) is 12.7. The predicted octanol–water partition coefficient (Wildman–Crippen LogP) is 5.96. The van der Waals surface area contributed by atoms with Crippen molar-refractivity contribution in [2.45, 2.75) is 44.4 Å². The molecule has 206 valence electrons.